The Morgan fingerprint density at radius 3 is 2.33 bits per heavy atom. The van der Waals surface area contributed by atoms with Crippen LogP contribution in [0.3, 0.4) is 0 Å². The summed E-state index contributed by atoms with van der Waals surface area (Å²) < 4.78 is 61.5. The van der Waals surface area contributed by atoms with Gasteiger partial charge in [0.1, 0.15) is 29.4 Å². The first-order chi connectivity index (χ1) is 18.5. The highest BCUT2D eigenvalue weighted by Crippen LogP contribution is 2.53. The molecule has 2 unspecified atom stereocenters. The number of hydrogen-bond donors (Lipinski definition) is 3. The number of hydrogen-bond acceptors (Lipinski definition) is 6. The van der Waals surface area contributed by atoms with Gasteiger partial charge in [0.2, 0.25) is 15.9 Å². The molecule has 2 atom stereocenters. The molecule has 8 nitrogen and oxygen atoms in total. The Morgan fingerprint density at radius 1 is 1.08 bits per heavy atom. The first kappa shape index (κ1) is 27.1. The van der Waals surface area contributed by atoms with Crippen LogP contribution in [0.1, 0.15) is 53.0 Å². The minimum absolute atomic E-state index is 0.0772. The summed E-state index contributed by atoms with van der Waals surface area (Å²) in [5.74, 6) is -1.92. The number of carbonyl (C=O) groups excluding carboxylic acids is 1. The molecule has 0 spiro atoms. The summed E-state index contributed by atoms with van der Waals surface area (Å²) in [6.07, 6.45) is 1.98. The number of nitrogens with one attached hydrogen (secondary N) is 1. The summed E-state index contributed by atoms with van der Waals surface area (Å²) in [7, 11) is -4.35. The van der Waals surface area contributed by atoms with Gasteiger partial charge in [0.05, 0.1) is 18.5 Å². The zero-order valence-corrected chi connectivity index (χ0v) is 22.1. The molecule has 12 heteroatoms. The maximum absolute atomic E-state index is 14.5. The summed E-state index contributed by atoms with van der Waals surface area (Å²) in [5, 5.41) is 21.3. The first-order valence-corrected chi connectivity index (χ1v) is 14.3. The van der Waals surface area contributed by atoms with Gasteiger partial charge in [-0.3, -0.25) is 9.10 Å². The fraction of sp³-hybridized carbons (Fsp3) is 0.296. The molecular weight excluding hydrogens is 529 g/mol. The van der Waals surface area contributed by atoms with Crippen molar-refractivity contribution < 1.29 is 36.8 Å². The van der Waals surface area contributed by atoms with Crippen LogP contribution in [0.25, 0.3) is 0 Å². The van der Waals surface area contributed by atoms with E-state index in [1.165, 1.54) is 31.3 Å². The Hall–Kier alpha value is -3.48. The molecule has 1 fully saturated rings. The molecule has 3 aromatic carbocycles. The van der Waals surface area contributed by atoms with E-state index in [4.69, 9.17) is 4.74 Å². The van der Waals surface area contributed by atoms with E-state index in [1.807, 2.05) is 6.07 Å². The highest BCUT2D eigenvalue weighted by Gasteiger charge is 2.43. The zero-order chi connectivity index (χ0) is 28.1. The third-order valence-electron chi connectivity index (χ3n) is 7.13. The first-order valence-electron chi connectivity index (χ1n) is 12.4. The standard InChI is InChI=1S/C27H27BF2N2O6S/c1-31-27(33)25-20-12-19(16-4-5-16)23(13-24(20)38-26(25)17-6-8-18(29)9-7-17)32(39(2,36)37)14-15-3-10-21(28(34)35)22(30)11-15/h3,6-13,16,25-26,34-35H,4-5,14H2,1-2H3,(H,31,33). The lowest BCUT2D eigenvalue weighted by atomic mass is 9.79. The maximum Gasteiger partial charge on any atom is 0.491 e. The van der Waals surface area contributed by atoms with E-state index >= 15 is 0 Å². The van der Waals surface area contributed by atoms with Gasteiger partial charge in [0, 0.05) is 24.1 Å². The average Bonchev–Trinajstić information content (AvgIpc) is 3.66. The summed E-state index contributed by atoms with van der Waals surface area (Å²) in [6, 6.07) is 12.8. The van der Waals surface area contributed by atoms with Crippen LogP contribution in [0.4, 0.5) is 14.5 Å². The number of likely N-dealkylation sites (N-methyl/N-ethyl adjacent to an activating group) is 1. The van der Waals surface area contributed by atoms with E-state index in [9.17, 15) is 32.0 Å². The van der Waals surface area contributed by atoms with Crippen LogP contribution in [0, 0.1) is 11.6 Å². The molecule has 5 rings (SSSR count). The lowest BCUT2D eigenvalue weighted by Gasteiger charge is -2.26. The van der Waals surface area contributed by atoms with E-state index in [0.29, 0.717) is 28.1 Å². The number of carbonyl (C=O) groups is 1. The molecule has 3 aromatic rings. The third-order valence-corrected chi connectivity index (χ3v) is 8.26. The fourth-order valence-corrected chi connectivity index (χ4v) is 5.93. The zero-order valence-electron chi connectivity index (χ0n) is 21.3. The van der Waals surface area contributed by atoms with Gasteiger partial charge >= 0.3 is 7.12 Å². The van der Waals surface area contributed by atoms with Crippen LogP contribution in [0.5, 0.6) is 5.75 Å². The van der Waals surface area contributed by atoms with Crippen LogP contribution >= 0.6 is 0 Å². The second kappa shape index (κ2) is 10.3. The molecule has 1 aliphatic heterocycles. The van der Waals surface area contributed by atoms with Crippen molar-refractivity contribution in [1.29, 1.82) is 0 Å². The Morgan fingerprint density at radius 2 is 1.77 bits per heavy atom. The number of rotatable bonds is 8. The number of benzene rings is 3. The molecule has 1 aliphatic carbocycles. The van der Waals surface area contributed by atoms with Crippen molar-refractivity contribution in [3.8, 4) is 5.75 Å². The lowest BCUT2D eigenvalue weighted by molar-refractivity contribution is -0.123. The van der Waals surface area contributed by atoms with Crippen molar-refractivity contribution >= 4 is 34.2 Å². The highest BCUT2D eigenvalue weighted by atomic mass is 32.2. The molecule has 1 saturated carbocycles. The number of sulfonamides is 1. The van der Waals surface area contributed by atoms with E-state index in [2.05, 4.69) is 5.32 Å². The largest absolute Gasteiger partial charge is 0.491 e. The number of ether oxygens (including phenoxy) is 1. The minimum Gasteiger partial charge on any atom is -0.484 e. The Labute approximate surface area is 225 Å². The summed E-state index contributed by atoms with van der Waals surface area (Å²) in [6.45, 7) is -0.212. The molecule has 1 amide bonds. The molecule has 0 aromatic heterocycles. The summed E-state index contributed by atoms with van der Waals surface area (Å²) in [5.41, 5.74) is 2.28. The summed E-state index contributed by atoms with van der Waals surface area (Å²) >= 11 is 0. The second-order valence-corrected chi connectivity index (χ2v) is 11.8. The van der Waals surface area contributed by atoms with Gasteiger partial charge in [-0.05, 0) is 59.7 Å². The quantitative estimate of drug-likeness (QED) is 0.368. The minimum atomic E-state index is -3.87. The topological polar surface area (TPSA) is 116 Å². The van der Waals surface area contributed by atoms with Crippen molar-refractivity contribution in [3.05, 3.63) is 88.5 Å². The van der Waals surface area contributed by atoms with Gasteiger partial charge in [-0.1, -0.05) is 24.3 Å². The smallest absolute Gasteiger partial charge is 0.484 e. The molecule has 1 heterocycles. The van der Waals surface area contributed by atoms with Crippen molar-refractivity contribution in [2.75, 3.05) is 17.6 Å². The molecular formula is C27H27BF2N2O6S. The number of halogens is 2. The maximum atomic E-state index is 14.5. The molecule has 2 aliphatic rings. The number of nitrogens with zero attached hydrogens (tertiary/aromatic N) is 1. The number of anilines is 1. The average molecular weight is 556 g/mol. The van der Waals surface area contributed by atoms with Crippen LogP contribution in [0.2, 0.25) is 0 Å². The van der Waals surface area contributed by atoms with Gasteiger partial charge in [0.25, 0.3) is 0 Å². The summed E-state index contributed by atoms with van der Waals surface area (Å²) in [4.78, 5) is 13.0. The van der Waals surface area contributed by atoms with Crippen LogP contribution in [-0.4, -0.2) is 44.8 Å². The Kier molecular flexibility index (Phi) is 7.12. The molecule has 3 N–H and O–H groups in total. The monoisotopic (exact) mass is 556 g/mol. The van der Waals surface area contributed by atoms with Crippen molar-refractivity contribution in [2.45, 2.75) is 37.3 Å². The molecule has 39 heavy (non-hydrogen) atoms. The Balaban J connectivity index is 1.60. The molecule has 0 bridgehead atoms. The predicted molar refractivity (Wildman–Crippen MR) is 142 cm³/mol. The molecule has 204 valence electrons. The normalized spacial score (nSPS) is 18.3. The van der Waals surface area contributed by atoms with E-state index in [0.717, 1.165) is 35.0 Å². The van der Waals surface area contributed by atoms with E-state index < -0.39 is 40.8 Å². The van der Waals surface area contributed by atoms with Crippen molar-refractivity contribution in [3.63, 3.8) is 0 Å². The van der Waals surface area contributed by atoms with Gasteiger partial charge in [0.15, 0.2) is 0 Å². The highest BCUT2D eigenvalue weighted by molar-refractivity contribution is 7.92. The van der Waals surface area contributed by atoms with Crippen LogP contribution in [-0.2, 0) is 21.4 Å². The van der Waals surface area contributed by atoms with Gasteiger partial charge in [-0.25, -0.2) is 17.2 Å². The predicted octanol–water partition coefficient (Wildman–Crippen LogP) is 2.45. The number of amides is 1. The molecule has 0 saturated heterocycles. The number of fused-ring (bicyclic) bond motifs is 1. The third kappa shape index (κ3) is 5.36. The van der Waals surface area contributed by atoms with Crippen LogP contribution < -0.4 is 19.8 Å². The van der Waals surface area contributed by atoms with E-state index in [1.54, 1.807) is 18.2 Å². The van der Waals surface area contributed by atoms with E-state index in [-0.39, 0.29) is 23.8 Å². The van der Waals surface area contributed by atoms with Crippen molar-refractivity contribution in [2.24, 2.45) is 0 Å². The van der Waals surface area contributed by atoms with Gasteiger partial charge in [-0.15, -0.1) is 0 Å². The fourth-order valence-electron chi connectivity index (χ4n) is 5.03. The van der Waals surface area contributed by atoms with Gasteiger partial charge < -0.3 is 20.1 Å². The van der Waals surface area contributed by atoms with Crippen LogP contribution in [0.15, 0.2) is 54.6 Å². The second-order valence-electron chi connectivity index (χ2n) is 9.90. The van der Waals surface area contributed by atoms with Gasteiger partial charge in [-0.2, -0.15) is 0 Å². The Bertz CT molecular complexity index is 1530. The molecule has 0 radical (unpaired) electrons. The SMILES string of the molecule is CNC(=O)C1c2cc(C3CC3)c(N(Cc3ccc(B(O)O)c(F)c3)S(C)(=O)=O)cc2OC1c1ccc(F)cc1. The lowest BCUT2D eigenvalue weighted by Crippen LogP contribution is -2.34. The van der Waals surface area contributed by atoms with Crippen molar-refractivity contribution in [1.82, 2.24) is 5.32 Å².